The first-order valence-electron chi connectivity index (χ1n) is 7.74. The minimum absolute atomic E-state index is 0.0212. The van der Waals surface area contributed by atoms with Gasteiger partial charge >= 0.3 is 5.63 Å². The lowest BCUT2D eigenvalue weighted by Crippen LogP contribution is -2.26. The van der Waals surface area contributed by atoms with E-state index in [2.05, 4.69) is 19.9 Å². The second kappa shape index (κ2) is 5.89. The molecule has 2 aromatic rings. The van der Waals surface area contributed by atoms with Gasteiger partial charge in [-0.15, -0.1) is 0 Å². The topological polar surface area (TPSA) is 89.2 Å². The number of ether oxygens (including phenoxy) is 1. The molecule has 0 unspecified atom stereocenters. The predicted molar refractivity (Wildman–Crippen MR) is 89.5 cm³/mol. The van der Waals surface area contributed by atoms with E-state index in [0.717, 1.165) is 5.56 Å². The molecule has 1 aliphatic rings. The first-order valence-corrected chi connectivity index (χ1v) is 7.74. The first-order chi connectivity index (χ1) is 11.4. The molecule has 0 spiro atoms. The second-order valence-corrected chi connectivity index (χ2v) is 6.17. The third-order valence-electron chi connectivity index (χ3n) is 4.19. The molecular weight excluding hydrogens is 304 g/mol. The Labute approximate surface area is 140 Å². The SMILES string of the molecule is Cc1cc2c(c(=O)o1)[C@@H](c1ccc(C(C)C)cc1)C(C#N)=C(N)O2. The van der Waals surface area contributed by atoms with Crippen LogP contribution in [0.15, 0.2) is 51.0 Å². The van der Waals surface area contributed by atoms with E-state index in [0.29, 0.717) is 23.0 Å². The smallest absolute Gasteiger partial charge is 0.343 e. The highest BCUT2D eigenvalue weighted by atomic mass is 16.5. The van der Waals surface area contributed by atoms with E-state index < -0.39 is 11.5 Å². The molecule has 0 saturated heterocycles. The molecule has 3 rings (SSSR count). The van der Waals surface area contributed by atoms with Crippen LogP contribution in [0.2, 0.25) is 0 Å². The second-order valence-electron chi connectivity index (χ2n) is 6.17. The summed E-state index contributed by atoms with van der Waals surface area (Å²) in [5.74, 6) is 0.605. The van der Waals surface area contributed by atoms with Crippen LogP contribution < -0.4 is 16.1 Å². The van der Waals surface area contributed by atoms with E-state index in [9.17, 15) is 10.1 Å². The van der Waals surface area contributed by atoms with Crippen LogP contribution in [0.25, 0.3) is 0 Å². The number of allylic oxidation sites excluding steroid dienone is 1. The highest BCUT2D eigenvalue weighted by Crippen LogP contribution is 2.40. The number of nitriles is 1. The number of fused-ring (bicyclic) bond motifs is 1. The van der Waals surface area contributed by atoms with Crippen LogP contribution in [-0.2, 0) is 0 Å². The Morgan fingerprint density at radius 2 is 1.92 bits per heavy atom. The van der Waals surface area contributed by atoms with Crippen LogP contribution in [0, 0.1) is 18.3 Å². The summed E-state index contributed by atoms with van der Waals surface area (Å²) in [5, 5.41) is 9.51. The minimum Gasteiger partial charge on any atom is -0.440 e. The monoisotopic (exact) mass is 322 g/mol. The predicted octanol–water partition coefficient (Wildman–Crippen LogP) is 3.29. The Balaban J connectivity index is 2.22. The van der Waals surface area contributed by atoms with E-state index in [1.54, 1.807) is 13.0 Å². The van der Waals surface area contributed by atoms with Gasteiger partial charge in [0.25, 0.3) is 0 Å². The maximum Gasteiger partial charge on any atom is 0.343 e. The summed E-state index contributed by atoms with van der Waals surface area (Å²) in [4.78, 5) is 12.4. The zero-order chi connectivity index (χ0) is 17.4. The standard InChI is InChI=1S/C19H18N2O3/c1-10(2)12-4-6-13(7-5-12)16-14(9-20)18(21)24-15-8-11(3)23-19(22)17(15)16/h4-8,10,16H,21H2,1-3H3/t16-/m0/s1. The Kier molecular flexibility index (Phi) is 3.90. The lowest BCUT2D eigenvalue weighted by molar-refractivity contribution is 0.371. The highest BCUT2D eigenvalue weighted by molar-refractivity contribution is 5.54. The molecule has 1 aromatic heterocycles. The Hall–Kier alpha value is -3.00. The van der Waals surface area contributed by atoms with Gasteiger partial charge in [-0.1, -0.05) is 38.1 Å². The normalized spacial score (nSPS) is 16.5. The van der Waals surface area contributed by atoms with Crippen LogP contribution in [0.4, 0.5) is 0 Å². The largest absolute Gasteiger partial charge is 0.440 e. The molecule has 1 aliphatic heterocycles. The van der Waals surface area contributed by atoms with Crippen LogP contribution in [0.1, 0.15) is 48.1 Å². The number of nitrogens with zero attached hydrogens (tertiary/aromatic N) is 1. The zero-order valence-corrected chi connectivity index (χ0v) is 13.8. The average molecular weight is 322 g/mol. The van der Waals surface area contributed by atoms with Gasteiger partial charge in [0.15, 0.2) is 0 Å². The van der Waals surface area contributed by atoms with Crippen molar-refractivity contribution in [2.45, 2.75) is 32.6 Å². The Morgan fingerprint density at radius 3 is 2.50 bits per heavy atom. The summed E-state index contributed by atoms with van der Waals surface area (Å²) in [7, 11) is 0. The summed E-state index contributed by atoms with van der Waals surface area (Å²) in [6.45, 7) is 5.88. The number of nitrogens with two attached hydrogens (primary N) is 1. The quantitative estimate of drug-likeness (QED) is 0.916. The molecule has 0 aliphatic carbocycles. The van der Waals surface area contributed by atoms with Gasteiger partial charge in [0.05, 0.1) is 11.5 Å². The van der Waals surface area contributed by atoms with Crippen LogP contribution in [0.5, 0.6) is 5.75 Å². The number of benzene rings is 1. The lowest BCUT2D eigenvalue weighted by Gasteiger charge is -2.25. The molecule has 0 fully saturated rings. The van der Waals surface area contributed by atoms with Crippen LogP contribution in [0.3, 0.4) is 0 Å². The molecule has 0 bridgehead atoms. The zero-order valence-electron chi connectivity index (χ0n) is 13.8. The first kappa shape index (κ1) is 15.9. The van der Waals surface area contributed by atoms with E-state index in [1.807, 2.05) is 24.3 Å². The van der Waals surface area contributed by atoms with E-state index in [4.69, 9.17) is 14.9 Å². The van der Waals surface area contributed by atoms with Crippen molar-refractivity contribution in [3.05, 3.63) is 74.7 Å². The fraction of sp³-hybridized carbons (Fsp3) is 0.263. The van der Waals surface area contributed by atoms with Crippen molar-refractivity contribution in [2.24, 2.45) is 5.73 Å². The van der Waals surface area contributed by atoms with Gasteiger partial charge in [-0.2, -0.15) is 5.26 Å². The molecule has 5 nitrogen and oxygen atoms in total. The molecule has 1 aromatic carbocycles. The molecule has 5 heteroatoms. The van der Waals surface area contributed by atoms with E-state index in [-0.39, 0.29) is 11.5 Å². The fourth-order valence-corrected chi connectivity index (χ4v) is 2.92. The number of rotatable bonds is 2. The molecule has 2 heterocycles. The Bertz CT molecular complexity index is 915. The average Bonchev–Trinajstić information content (AvgIpc) is 2.53. The number of hydrogen-bond donors (Lipinski definition) is 1. The van der Waals surface area contributed by atoms with Crippen molar-refractivity contribution in [3.63, 3.8) is 0 Å². The van der Waals surface area contributed by atoms with Gasteiger partial charge in [0, 0.05) is 6.07 Å². The molecule has 2 N–H and O–H groups in total. The van der Waals surface area contributed by atoms with Crippen molar-refractivity contribution >= 4 is 0 Å². The summed E-state index contributed by atoms with van der Waals surface area (Å²) >= 11 is 0. The molecule has 122 valence electrons. The molecule has 1 atom stereocenters. The minimum atomic E-state index is -0.586. The van der Waals surface area contributed by atoms with Gasteiger partial charge in [0.2, 0.25) is 5.88 Å². The van der Waals surface area contributed by atoms with E-state index >= 15 is 0 Å². The summed E-state index contributed by atoms with van der Waals surface area (Å²) in [6, 6.07) is 11.5. The molecular formula is C19H18N2O3. The van der Waals surface area contributed by atoms with Gasteiger partial charge in [-0.25, -0.2) is 4.79 Å². The molecule has 0 saturated carbocycles. The van der Waals surface area contributed by atoms with Gasteiger partial charge < -0.3 is 14.9 Å². The van der Waals surface area contributed by atoms with Gasteiger partial charge in [-0.3, -0.25) is 0 Å². The molecule has 24 heavy (non-hydrogen) atoms. The Morgan fingerprint density at radius 1 is 1.25 bits per heavy atom. The maximum atomic E-state index is 12.4. The highest BCUT2D eigenvalue weighted by Gasteiger charge is 2.34. The van der Waals surface area contributed by atoms with Crippen molar-refractivity contribution in [1.82, 2.24) is 0 Å². The van der Waals surface area contributed by atoms with Gasteiger partial charge in [-0.05, 0) is 24.0 Å². The summed E-state index contributed by atoms with van der Waals surface area (Å²) < 4.78 is 10.7. The van der Waals surface area contributed by atoms with E-state index in [1.165, 1.54) is 5.56 Å². The van der Waals surface area contributed by atoms with Crippen molar-refractivity contribution in [3.8, 4) is 11.8 Å². The molecule has 0 radical (unpaired) electrons. The van der Waals surface area contributed by atoms with Gasteiger partial charge in [0.1, 0.15) is 23.2 Å². The number of hydrogen-bond acceptors (Lipinski definition) is 5. The lowest BCUT2D eigenvalue weighted by atomic mass is 9.83. The van der Waals surface area contributed by atoms with Crippen LogP contribution >= 0.6 is 0 Å². The maximum absolute atomic E-state index is 12.4. The summed E-state index contributed by atoms with van der Waals surface area (Å²) in [5.41, 5.74) is 7.91. The number of aryl methyl sites for hydroxylation is 1. The van der Waals surface area contributed by atoms with Crippen molar-refractivity contribution in [2.75, 3.05) is 0 Å². The molecule has 0 amide bonds. The van der Waals surface area contributed by atoms with Crippen molar-refractivity contribution in [1.29, 1.82) is 5.26 Å². The van der Waals surface area contributed by atoms with Crippen molar-refractivity contribution < 1.29 is 9.15 Å². The summed E-state index contributed by atoms with van der Waals surface area (Å²) in [6.07, 6.45) is 0. The third-order valence-corrected chi connectivity index (χ3v) is 4.19. The fourth-order valence-electron chi connectivity index (χ4n) is 2.92. The van der Waals surface area contributed by atoms with Crippen LogP contribution in [-0.4, -0.2) is 0 Å². The third kappa shape index (κ3) is 2.56.